The molecule has 1 aliphatic rings. The van der Waals surface area contributed by atoms with E-state index in [1.54, 1.807) is 0 Å². The molecule has 5 heteroatoms. The van der Waals surface area contributed by atoms with Crippen LogP contribution in [-0.4, -0.2) is 25.2 Å². The van der Waals surface area contributed by atoms with E-state index < -0.39 is 0 Å². The molecule has 2 atom stereocenters. The first-order valence-electron chi connectivity index (χ1n) is 7.57. The molecule has 2 unspecified atom stereocenters. The smallest absolute Gasteiger partial charge is 0.230 e. The van der Waals surface area contributed by atoms with Gasteiger partial charge in [-0.1, -0.05) is 6.92 Å². The molecule has 0 spiro atoms. The van der Waals surface area contributed by atoms with E-state index in [-0.39, 0.29) is 17.9 Å². The molecule has 0 saturated carbocycles. The number of benzene rings is 1. The Hall–Kier alpha value is -1.59. The SMILES string of the molecule is CCOc1ccc(NC(=O)C2CCOC2CC)cc1CN. The third kappa shape index (κ3) is 3.74. The molecule has 0 aliphatic carbocycles. The van der Waals surface area contributed by atoms with Crippen LogP contribution in [0.1, 0.15) is 32.3 Å². The molecule has 1 fully saturated rings. The quantitative estimate of drug-likeness (QED) is 0.843. The Labute approximate surface area is 125 Å². The van der Waals surface area contributed by atoms with Crippen LogP contribution in [0.3, 0.4) is 0 Å². The molecule has 1 aromatic carbocycles. The van der Waals surface area contributed by atoms with Crippen molar-refractivity contribution in [3.63, 3.8) is 0 Å². The van der Waals surface area contributed by atoms with E-state index in [2.05, 4.69) is 5.32 Å². The van der Waals surface area contributed by atoms with Gasteiger partial charge >= 0.3 is 0 Å². The summed E-state index contributed by atoms with van der Waals surface area (Å²) in [5.74, 6) is 0.725. The third-order valence-corrected chi connectivity index (χ3v) is 3.80. The van der Waals surface area contributed by atoms with Crippen LogP contribution in [-0.2, 0) is 16.1 Å². The number of anilines is 1. The van der Waals surface area contributed by atoms with E-state index in [1.807, 2.05) is 32.0 Å². The number of hydrogen-bond acceptors (Lipinski definition) is 4. The van der Waals surface area contributed by atoms with Gasteiger partial charge in [0.25, 0.3) is 0 Å². The van der Waals surface area contributed by atoms with Gasteiger partial charge in [0.15, 0.2) is 0 Å². The summed E-state index contributed by atoms with van der Waals surface area (Å²) >= 11 is 0. The number of nitrogens with one attached hydrogen (secondary N) is 1. The van der Waals surface area contributed by atoms with Crippen LogP contribution < -0.4 is 15.8 Å². The number of amides is 1. The molecule has 1 aliphatic heterocycles. The first-order chi connectivity index (χ1) is 10.2. The van der Waals surface area contributed by atoms with Crippen molar-refractivity contribution in [3.8, 4) is 5.75 Å². The number of nitrogens with two attached hydrogens (primary N) is 1. The monoisotopic (exact) mass is 292 g/mol. The van der Waals surface area contributed by atoms with Crippen LogP contribution in [0, 0.1) is 5.92 Å². The summed E-state index contributed by atoms with van der Waals surface area (Å²) in [4.78, 5) is 12.3. The topological polar surface area (TPSA) is 73.6 Å². The van der Waals surface area contributed by atoms with E-state index in [0.717, 1.165) is 29.8 Å². The lowest BCUT2D eigenvalue weighted by Gasteiger charge is -2.17. The highest BCUT2D eigenvalue weighted by Crippen LogP contribution is 2.27. The number of rotatable bonds is 6. The van der Waals surface area contributed by atoms with E-state index in [4.69, 9.17) is 15.2 Å². The maximum atomic E-state index is 12.3. The van der Waals surface area contributed by atoms with Gasteiger partial charge in [-0.2, -0.15) is 0 Å². The second-order valence-electron chi connectivity index (χ2n) is 5.16. The van der Waals surface area contributed by atoms with Crippen LogP contribution in [0.4, 0.5) is 5.69 Å². The zero-order chi connectivity index (χ0) is 15.2. The number of ether oxygens (including phenoxy) is 2. The van der Waals surface area contributed by atoms with Crippen molar-refractivity contribution in [2.75, 3.05) is 18.5 Å². The fraction of sp³-hybridized carbons (Fsp3) is 0.562. The molecule has 3 N–H and O–H groups in total. The fourth-order valence-corrected chi connectivity index (χ4v) is 2.70. The van der Waals surface area contributed by atoms with Crippen molar-refractivity contribution in [2.24, 2.45) is 11.7 Å². The lowest BCUT2D eigenvalue weighted by molar-refractivity contribution is -0.121. The standard InChI is InChI=1S/C16H24N2O3/c1-3-14-13(7-8-21-14)16(19)18-12-5-6-15(20-4-2)11(9-12)10-17/h5-6,9,13-14H,3-4,7-8,10,17H2,1-2H3,(H,18,19). The highest BCUT2D eigenvalue weighted by atomic mass is 16.5. The van der Waals surface area contributed by atoms with Crippen molar-refractivity contribution >= 4 is 11.6 Å². The highest BCUT2D eigenvalue weighted by Gasteiger charge is 2.32. The number of hydrogen-bond donors (Lipinski definition) is 2. The Morgan fingerprint density at radius 2 is 2.29 bits per heavy atom. The number of carbonyl (C=O) groups is 1. The zero-order valence-electron chi connectivity index (χ0n) is 12.7. The van der Waals surface area contributed by atoms with E-state index in [1.165, 1.54) is 0 Å². The van der Waals surface area contributed by atoms with Gasteiger partial charge in [0.05, 0.1) is 18.6 Å². The third-order valence-electron chi connectivity index (χ3n) is 3.80. The van der Waals surface area contributed by atoms with Crippen LogP contribution in [0.15, 0.2) is 18.2 Å². The minimum Gasteiger partial charge on any atom is -0.494 e. The maximum absolute atomic E-state index is 12.3. The molecule has 2 rings (SSSR count). The van der Waals surface area contributed by atoms with Crippen molar-refractivity contribution in [3.05, 3.63) is 23.8 Å². The minimum absolute atomic E-state index is 0.0199. The van der Waals surface area contributed by atoms with Gasteiger partial charge in [-0.25, -0.2) is 0 Å². The average Bonchev–Trinajstić information content (AvgIpc) is 2.97. The molecule has 1 saturated heterocycles. The van der Waals surface area contributed by atoms with Gasteiger partial charge in [-0.15, -0.1) is 0 Å². The Morgan fingerprint density at radius 3 is 2.95 bits per heavy atom. The van der Waals surface area contributed by atoms with E-state index in [9.17, 15) is 4.79 Å². The summed E-state index contributed by atoms with van der Waals surface area (Å²) in [7, 11) is 0. The summed E-state index contributed by atoms with van der Waals surface area (Å²) in [6, 6.07) is 5.57. The summed E-state index contributed by atoms with van der Waals surface area (Å²) in [5.41, 5.74) is 7.38. The predicted molar refractivity (Wildman–Crippen MR) is 82.3 cm³/mol. The van der Waals surface area contributed by atoms with Gasteiger partial charge in [0.1, 0.15) is 5.75 Å². The first-order valence-corrected chi connectivity index (χ1v) is 7.57. The largest absolute Gasteiger partial charge is 0.494 e. The molecule has 116 valence electrons. The average molecular weight is 292 g/mol. The van der Waals surface area contributed by atoms with Gasteiger partial charge < -0.3 is 20.5 Å². The molecule has 21 heavy (non-hydrogen) atoms. The second-order valence-corrected chi connectivity index (χ2v) is 5.16. The molecule has 0 radical (unpaired) electrons. The summed E-state index contributed by atoms with van der Waals surface area (Å²) in [6.45, 7) is 5.61. The van der Waals surface area contributed by atoms with Gasteiger partial charge in [0, 0.05) is 24.4 Å². The molecule has 1 heterocycles. The Kier molecular flexibility index (Phi) is 5.59. The molecular formula is C16H24N2O3. The normalized spacial score (nSPS) is 21.3. The second kappa shape index (κ2) is 7.43. The number of carbonyl (C=O) groups excluding carboxylic acids is 1. The van der Waals surface area contributed by atoms with Crippen LogP contribution in [0.5, 0.6) is 5.75 Å². The van der Waals surface area contributed by atoms with Gasteiger partial charge in [-0.3, -0.25) is 4.79 Å². The molecule has 0 bridgehead atoms. The lowest BCUT2D eigenvalue weighted by Crippen LogP contribution is -2.29. The minimum atomic E-state index is -0.0668. The van der Waals surface area contributed by atoms with Crippen LogP contribution >= 0.6 is 0 Å². The zero-order valence-corrected chi connectivity index (χ0v) is 12.7. The lowest BCUT2D eigenvalue weighted by atomic mass is 9.98. The molecular weight excluding hydrogens is 268 g/mol. The van der Waals surface area contributed by atoms with Crippen molar-refractivity contribution < 1.29 is 14.3 Å². The Morgan fingerprint density at radius 1 is 1.48 bits per heavy atom. The van der Waals surface area contributed by atoms with Crippen LogP contribution in [0.2, 0.25) is 0 Å². The van der Waals surface area contributed by atoms with E-state index in [0.29, 0.717) is 19.8 Å². The van der Waals surface area contributed by atoms with E-state index >= 15 is 0 Å². The van der Waals surface area contributed by atoms with Crippen molar-refractivity contribution in [2.45, 2.75) is 39.3 Å². The van der Waals surface area contributed by atoms with Gasteiger partial charge in [0.2, 0.25) is 5.91 Å². The molecule has 1 aromatic rings. The van der Waals surface area contributed by atoms with Gasteiger partial charge in [-0.05, 0) is 38.0 Å². The summed E-state index contributed by atoms with van der Waals surface area (Å²) in [5, 5.41) is 2.96. The Bertz CT molecular complexity index is 490. The molecule has 1 amide bonds. The van der Waals surface area contributed by atoms with Crippen molar-refractivity contribution in [1.29, 1.82) is 0 Å². The Balaban J connectivity index is 2.07. The first kappa shape index (κ1) is 15.8. The molecule has 0 aromatic heterocycles. The molecule has 5 nitrogen and oxygen atoms in total. The van der Waals surface area contributed by atoms with Crippen LogP contribution in [0.25, 0.3) is 0 Å². The summed E-state index contributed by atoms with van der Waals surface area (Å²) in [6.07, 6.45) is 1.67. The van der Waals surface area contributed by atoms with Crippen molar-refractivity contribution in [1.82, 2.24) is 0 Å². The maximum Gasteiger partial charge on any atom is 0.230 e. The fourth-order valence-electron chi connectivity index (χ4n) is 2.70. The highest BCUT2D eigenvalue weighted by molar-refractivity contribution is 5.93. The predicted octanol–water partition coefficient (Wildman–Crippen LogP) is 2.30. The summed E-state index contributed by atoms with van der Waals surface area (Å²) < 4.78 is 11.1.